The molecule has 0 aliphatic heterocycles. The molecule has 0 atom stereocenters. The summed E-state index contributed by atoms with van der Waals surface area (Å²) in [7, 11) is 0. The largest absolute Gasteiger partial charge is 0.382 e. The molecule has 0 aliphatic carbocycles. The summed E-state index contributed by atoms with van der Waals surface area (Å²) in [5.41, 5.74) is 5.82. The van der Waals surface area contributed by atoms with Crippen LogP contribution in [-0.4, -0.2) is 33.9 Å². The van der Waals surface area contributed by atoms with E-state index in [0.717, 1.165) is 25.9 Å². The Morgan fingerprint density at radius 1 is 1.31 bits per heavy atom. The van der Waals surface area contributed by atoms with Gasteiger partial charge in [0.15, 0.2) is 0 Å². The summed E-state index contributed by atoms with van der Waals surface area (Å²) >= 11 is 0. The molecule has 88 valence electrons. The van der Waals surface area contributed by atoms with Crippen molar-refractivity contribution in [2.45, 2.75) is 26.7 Å². The molecule has 16 heavy (non-hydrogen) atoms. The minimum absolute atomic E-state index is 0.0940. The first-order valence-corrected chi connectivity index (χ1v) is 5.55. The molecule has 0 radical (unpaired) electrons. The van der Waals surface area contributed by atoms with Gasteiger partial charge in [0.2, 0.25) is 0 Å². The molecule has 0 saturated carbocycles. The van der Waals surface area contributed by atoms with Gasteiger partial charge in [0, 0.05) is 13.1 Å². The number of aromatic nitrogens is 2. The summed E-state index contributed by atoms with van der Waals surface area (Å²) in [6.07, 6.45) is 4.75. The summed E-state index contributed by atoms with van der Waals surface area (Å²) in [6.45, 7) is 5.56. The number of rotatable bonds is 5. The number of hydrogen-bond acceptors (Lipinski definition) is 4. The van der Waals surface area contributed by atoms with Gasteiger partial charge in [-0.3, -0.25) is 9.78 Å². The Morgan fingerprint density at radius 3 is 2.44 bits per heavy atom. The summed E-state index contributed by atoms with van der Waals surface area (Å²) in [6, 6.07) is 0. The van der Waals surface area contributed by atoms with E-state index in [4.69, 9.17) is 5.73 Å². The highest BCUT2D eigenvalue weighted by Crippen LogP contribution is 2.04. The fourth-order valence-electron chi connectivity index (χ4n) is 1.50. The lowest BCUT2D eigenvalue weighted by molar-refractivity contribution is 0.0749. The predicted octanol–water partition coefficient (Wildman–Crippen LogP) is 1.32. The third-order valence-electron chi connectivity index (χ3n) is 2.15. The average molecular weight is 222 g/mol. The maximum atomic E-state index is 12.0. The molecular formula is C11H18N4O. The van der Waals surface area contributed by atoms with Crippen molar-refractivity contribution >= 4 is 11.7 Å². The van der Waals surface area contributed by atoms with E-state index < -0.39 is 0 Å². The minimum Gasteiger partial charge on any atom is -0.382 e. The van der Waals surface area contributed by atoms with Crippen LogP contribution in [0.1, 0.15) is 37.2 Å². The Kier molecular flexibility index (Phi) is 4.69. The van der Waals surface area contributed by atoms with Crippen LogP contribution in [0.4, 0.5) is 5.82 Å². The Morgan fingerprint density at radius 2 is 1.94 bits per heavy atom. The Balaban J connectivity index is 2.81. The van der Waals surface area contributed by atoms with Crippen LogP contribution in [0.2, 0.25) is 0 Å². The van der Waals surface area contributed by atoms with Crippen molar-refractivity contribution in [1.29, 1.82) is 0 Å². The fraction of sp³-hybridized carbons (Fsp3) is 0.545. The van der Waals surface area contributed by atoms with E-state index in [1.165, 1.54) is 12.4 Å². The van der Waals surface area contributed by atoms with Crippen molar-refractivity contribution in [2.75, 3.05) is 18.8 Å². The number of carbonyl (C=O) groups excluding carboxylic acids is 1. The standard InChI is InChI=1S/C11H18N4O/c1-3-5-15(6-4-2)11(16)9-7-13-8-10(12)14-9/h7-8H,3-6H2,1-2H3,(H2,12,14). The zero-order chi connectivity index (χ0) is 12.0. The van der Waals surface area contributed by atoms with Gasteiger partial charge in [0.1, 0.15) is 11.5 Å². The van der Waals surface area contributed by atoms with Gasteiger partial charge in [-0.05, 0) is 12.8 Å². The molecular weight excluding hydrogens is 204 g/mol. The quantitative estimate of drug-likeness (QED) is 0.815. The van der Waals surface area contributed by atoms with Crippen molar-refractivity contribution in [3.8, 4) is 0 Å². The monoisotopic (exact) mass is 222 g/mol. The van der Waals surface area contributed by atoms with Gasteiger partial charge in [-0.25, -0.2) is 4.98 Å². The molecule has 1 aromatic heterocycles. The van der Waals surface area contributed by atoms with Crippen LogP contribution in [0.3, 0.4) is 0 Å². The molecule has 0 aliphatic rings. The number of nitrogens with zero attached hydrogens (tertiary/aromatic N) is 3. The minimum atomic E-state index is -0.0940. The molecule has 0 unspecified atom stereocenters. The van der Waals surface area contributed by atoms with Gasteiger partial charge in [-0.2, -0.15) is 0 Å². The lowest BCUT2D eigenvalue weighted by atomic mass is 10.3. The highest BCUT2D eigenvalue weighted by atomic mass is 16.2. The van der Waals surface area contributed by atoms with E-state index in [9.17, 15) is 4.79 Å². The van der Waals surface area contributed by atoms with Gasteiger partial charge in [-0.1, -0.05) is 13.8 Å². The fourth-order valence-corrected chi connectivity index (χ4v) is 1.50. The topological polar surface area (TPSA) is 72.1 Å². The van der Waals surface area contributed by atoms with Crippen molar-refractivity contribution in [2.24, 2.45) is 0 Å². The van der Waals surface area contributed by atoms with Crippen molar-refractivity contribution in [1.82, 2.24) is 14.9 Å². The number of nitrogen functional groups attached to an aromatic ring is 1. The molecule has 5 nitrogen and oxygen atoms in total. The summed E-state index contributed by atoms with van der Waals surface area (Å²) < 4.78 is 0. The van der Waals surface area contributed by atoms with Gasteiger partial charge in [0.25, 0.3) is 5.91 Å². The van der Waals surface area contributed by atoms with Gasteiger partial charge >= 0.3 is 0 Å². The smallest absolute Gasteiger partial charge is 0.274 e. The molecule has 0 spiro atoms. The molecule has 0 saturated heterocycles. The highest BCUT2D eigenvalue weighted by Gasteiger charge is 2.15. The zero-order valence-corrected chi connectivity index (χ0v) is 9.81. The maximum Gasteiger partial charge on any atom is 0.274 e. The van der Waals surface area contributed by atoms with Crippen LogP contribution in [0.15, 0.2) is 12.4 Å². The van der Waals surface area contributed by atoms with Crippen LogP contribution in [0, 0.1) is 0 Å². The number of hydrogen-bond donors (Lipinski definition) is 1. The third kappa shape index (κ3) is 3.18. The van der Waals surface area contributed by atoms with Crippen LogP contribution in [-0.2, 0) is 0 Å². The number of nitrogens with two attached hydrogens (primary N) is 1. The average Bonchev–Trinajstić information content (AvgIpc) is 2.28. The molecule has 0 bridgehead atoms. The zero-order valence-electron chi connectivity index (χ0n) is 9.81. The third-order valence-corrected chi connectivity index (χ3v) is 2.15. The lowest BCUT2D eigenvalue weighted by Gasteiger charge is -2.20. The normalized spacial score (nSPS) is 10.1. The van der Waals surface area contributed by atoms with E-state index in [-0.39, 0.29) is 11.7 Å². The van der Waals surface area contributed by atoms with Crippen molar-refractivity contribution in [3.05, 3.63) is 18.1 Å². The van der Waals surface area contributed by atoms with Crippen LogP contribution < -0.4 is 5.73 Å². The molecule has 1 heterocycles. The second kappa shape index (κ2) is 6.05. The number of amides is 1. The van der Waals surface area contributed by atoms with E-state index in [1.807, 2.05) is 13.8 Å². The lowest BCUT2D eigenvalue weighted by Crippen LogP contribution is -2.33. The SMILES string of the molecule is CCCN(CCC)C(=O)c1cncc(N)n1. The first-order chi connectivity index (χ1) is 7.69. The van der Waals surface area contributed by atoms with Gasteiger partial charge in [-0.15, -0.1) is 0 Å². The van der Waals surface area contributed by atoms with Crippen molar-refractivity contribution < 1.29 is 4.79 Å². The molecule has 1 aromatic rings. The second-order valence-corrected chi connectivity index (χ2v) is 3.62. The summed E-state index contributed by atoms with van der Waals surface area (Å²) in [5, 5.41) is 0. The molecule has 2 N–H and O–H groups in total. The highest BCUT2D eigenvalue weighted by molar-refractivity contribution is 5.92. The molecule has 5 heteroatoms. The van der Waals surface area contributed by atoms with Gasteiger partial charge in [0.05, 0.1) is 12.4 Å². The summed E-state index contributed by atoms with van der Waals surface area (Å²) in [4.78, 5) is 21.7. The van der Waals surface area contributed by atoms with E-state index in [0.29, 0.717) is 5.69 Å². The number of anilines is 1. The first-order valence-electron chi connectivity index (χ1n) is 5.55. The molecule has 0 aromatic carbocycles. The van der Waals surface area contributed by atoms with Crippen LogP contribution >= 0.6 is 0 Å². The molecule has 1 amide bonds. The Hall–Kier alpha value is -1.65. The number of carbonyl (C=O) groups is 1. The molecule has 1 rings (SSSR count). The van der Waals surface area contributed by atoms with Crippen molar-refractivity contribution in [3.63, 3.8) is 0 Å². The van der Waals surface area contributed by atoms with Crippen LogP contribution in [0.25, 0.3) is 0 Å². The maximum absolute atomic E-state index is 12.0. The van der Waals surface area contributed by atoms with Crippen LogP contribution in [0.5, 0.6) is 0 Å². The first kappa shape index (κ1) is 12.4. The second-order valence-electron chi connectivity index (χ2n) is 3.62. The van der Waals surface area contributed by atoms with E-state index >= 15 is 0 Å². The Bertz CT molecular complexity index is 348. The molecule has 0 fully saturated rings. The van der Waals surface area contributed by atoms with E-state index in [2.05, 4.69) is 9.97 Å². The summed E-state index contributed by atoms with van der Waals surface area (Å²) in [5.74, 6) is 0.183. The predicted molar refractivity (Wildman–Crippen MR) is 62.9 cm³/mol. The van der Waals surface area contributed by atoms with E-state index in [1.54, 1.807) is 4.90 Å². The van der Waals surface area contributed by atoms with Gasteiger partial charge < -0.3 is 10.6 Å². The Labute approximate surface area is 95.7 Å².